The predicted octanol–water partition coefficient (Wildman–Crippen LogP) is 4.12. The Morgan fingerprint density at radius 1 is 1.35 bits per heavy atom. The molecule has 0 aliphatic carbocycles. The summed E-state index contributed by atoms with van der Waals surface area (Å²) in [5, 5.41) is 1.07. The zero-order valence-electron chi connectivity index (χ0n) is 10.5. The fraction of sp³-hybridized carbons (Fsp3) is 0.600. The number of aryl methyl sites for hydroxylation is 1. The maximum Gasteiger partial charge on any atom is 0.0579 e. The molecule has 2 heteroatoms. The fourth-order valence-corrected chi connectivity index (χ4v) is 2.95. The fourth-order valence-electron chi connectivity index (χ4n) is 2.46. The van der Waals surface area contributed by atoms with Gasteiger partial charge in [-0.15, -0.1) is 0 Å². The van der Waals surface area contributed by atoms with Crippen molar-refractivity contribution in [3.63, 3.8) is 0 Å². The van der Waals surface area contributed by atoms with Crippen LogP contribution >= 0.6 is 15.9 Å². The molecule has 0 radical (unpaired) electrons. The molecule has 17 heavy (non-hydrogen) atoms. The normalized spacial score (nSPS) is 21.6. The van der Waals surface area contributed by atoms with E-state index in [-0.39, 0.29) is 0 Å². The van der Waals surface area contributed by atoms with Crippen molar-refractivity contribution in [2.45, 2.75) is 38.7 Å². The molecule has 0 bridgehead atoms. The summed E-state index contributed by atoms with van der Waals surface area (Å²) in [5.41, 5.74) is 2.78. The number of hydrogen-bond donors (Lipinski definition) is 0. The number of halogens is 1. The SMILES string of the molecule is Cc1ccc(CC(CBr)CC2CCCO2)cc1. The van der Waals surface area contributed by atoms with Gasteiger partial charge in [-0.3, -0.25) is 0 Å². The highest BCUT2D eigenvalue weighted by Gasteiger charge is 2.20. The minimum atomic E-state index is 0.503. The van der Waals surface area contributed by atoms with Crippen LogP contribution in [0.3, 0.4) is 0 Å². The summed E-state index contributed by atoms with van der Waals surface area (Å²) in [6, 6.07) is 8.90. The number of alkyl halides is 1. The molecule has 0 aromatic heterocycles. The first kappa shape index (κ1) is 13.1. The zero-order chi connectivity index (χ0) is 12.1. The third kappa shape index (κ3) is 4.11. The van der Waals surface area contributed by atoms with Crippen LogP contribution in [0, 0.1) is 12.8 Å². The molecule has 1 fully saturated rings. The van der Waals surface area contributed by atoms with Crippen LogP contribution < -0.4 is 0 Å². The molecule has 2 rings (SSSR count). The summed E-state index contributed by atoms with van der Waals surface area (Å²) in [6.45, 7) is 3.10. The van der Waals surface area contributed by atoms with Crippen LogP contribution in [-0.2, 0) is 11.2 Å². The van der Waals surface area contributed by atoms with Crippen molar-refractivity contribution in [3.05, 3.63) is 35.4 Å². The molecular weight excluding hydrogens is 276 g/mol. The molecule has 1 aliphatic heterocycles. The van der Waals surface area contributed by atoms with Crippen LogP contribution in [-0.4, -0.2) is 18.0 Å². The molecule has 1 nitrogen and oxygen atoms in total. The molecule has 1 heterocycles. The van der Waals surface area contributed by atoms with E-state index in [0.29, 0.717) is 12.0 Å². The third-order valence-corrected chi connectivity index (χ3v) is 4.40. The molecule has 1 aliphatic rings. The molecule has 2 unspecified atom stereocenters. The Balaban J connectivity index is 1.87. The molecular formula is C15H21BrO. The van der Waals surface area contributed by atoms with E-state index in [1.807, 2.05) is 0 Å². The van der Waals surface area contributed by atoms with E-state index in [1.165, 1.54) is 30.4 Å². The van der Waals surface area contributed by atoms with Gasteiger partial charge < -0.3 is 4.74 Å². The number of ether oxygens (including phenoxy) is 1. The van der Waals surface area contributed by atoms with E-state index >= 15 is 0 Å². The second-order valence-corrected chi connectivity index (χ2v) is 5.73. The summed E-state index contributed by atoms with van der Waals surface area (Å²) >= 11 is 3.64. The van der Waals surface area contributed by atoms with Gasteiger partial charge in [-0.2, -0.15) is 0 Å². The lowest BCUT2D eigenvalue weighted by molar-refractivity contribution is 0.0925. The Morgan fingerprint density at radius 3 is 2.71 bits per heavy atom. The minimum Gasteiger partial charge on any atom is -0.378 e. The lowest BCUT2D eigenvalue weighted by Gasteiger charge is -2.18. The highest BCUT2D eigenvalue weighted by molar-refractivity contribution is 9.09. The van der Waals surface area contributed by atoms with E-state index in [2.05, 4.69) is 47.1 Å². The highest BCUT2D eigenvalue weighted by Crippen LogP contribution is 2.23. The first-order valence-electron chi connectivity index (χ1n) is 6.51. The van der Waals surface area contributed by atoms with E-state index in [1.54, 1.807) is 0 Å². The average molecular weight is 297 g/mol. The Kier molecular flexibility index (Phi) is 5.05. The summed E-state index contributed by atoms with van der Waals surface area (Å²) < 4.78 is 5.72. The molecule has 1 saturated heterocycles. The Morgan fingerprint density at radius 2 is 2.12 bits per heavy atom. The van der Waals surface area contributed by atoms with Gasteiger partial charge in [0, 0.05) is 11.9 Å². The maximum absolute atomic E-state index is 5.72. The average Bonchev–Trinajstić information content (AvgIpc) is 2.84. The lowest BCUT2D eigenvalue weighted by atomic mass is 9.94. The Labute approximate surface area is 113 Å². The molecule has 2 atom stereocenters. The third-order valence-electron chi connectivity index (χ3n) is 3.48. The number of benzene rings is 1. The number of hydrogen-bond acceptors (Lipinski definition) is 1. The van der Waals surface area contributed by atoms with E-state index < -0.39 is 0 Å². The van der Waals surface area contributed by atoms with Crippen molar-refractivity contribution in [2.24, 2.45) is 5.92 Å². The molecule has 94 valence electrons. The van der Waals surface area contributed by atoms with Gasteiger partial charge in [-0.05, 0) is 44.1 Å². The first-order chi connectivity index (χ1) is 8.28. The molecule has 1 aromatic carbocycles. The topological polar surface area (TPSA) is 9.23 Å². The van der Waals surface area contributed by atoms with Crippen molar-refractivity contribution in [1.82, 2.24) is 0 Å². The van der Waals surface area contributed by atoms with Crippen molar-refractivity contribution >= 4 is 15.9 Å². The molecule has 0 amide bonds. The van der Waals surface area contributed by atoms with Crippen LogP contribution in [0.4, 0.5) is 0 Å². The largest absolute Gasteiger partial charge is 0.378 e. The predicted molar refractivity (Wildman–Crippen MR) is 75.8 cm³/mol. The second-order valence-electron chi connectivity index (χ2n) is 5.08. The Bertz CT molecular complexity index is 327. The maximum atomic E-state index is 5.72. The first-order valence-corrected chi connectivity index (χ1v) is 7.63. The van der Waals surface area contributed by atoms with Crippen molar-refractivity contribution in [1.29, 1.82) is 0 Å². The monoisotopic (exact) mass is 296 g/mol. The van der Waals surface area contributed by atoms with Gasteiger partial charge in [0.1, 0.15) is 0 Å². The van der Waals surface area contributed by atoms with Crippen LogP contribution in [0.1, 0.15) is 30.4 Å². The van der Waals surface area contributed by atoms with Crippen LogP contribution in [0.2, 0.25) is 0 Å². The van der Waals surface area contributed by atoms with Gasteiger partial charge in [0.25, 0.3) is 0 Å². The van der Waals surface area contributed by atoms with Gasteiger partial charge in [-0.1, -0.05) is 45.8 Å². The number of rotatable bonds is 5. The minimum absolute atomic E-state index is 0.503. The van der Waals surface area contributed by atoms with E-state index in [4.69, 9.17) is 4.74 Å². The van der Waals surface area contributed by atoms with Gasteiger partial charge in [0.05, 0.1) is 6.10 Å². The lowest BCUT2D eigenvalue weighted by Crippen LogP contribution is -2.16. The summed E-state index contributed by atoms with van der Waals surface area (Å²) in [7, 11) is 0. The van der Waals surface area contributed by atoms with Gasteiger partial charge in [-0.25, -0.2) is 0 Å². The summed E-state index contributed by atoms with van der Waals surface area (Å²) in [6.07, 6.45) is 5.34. The van der Waals surface area contributed by atoms with Crippen molar-refractivity contribution in [3.8, 4) is 0 Å². The van der Waals surface area contributed by atoms with Gasteiger partial charge in [0.2, 0.25) is 0 Å². The van der Waals surface area contributed by atoms with E-state index in [9.17, 15) is 0 Å². The van der Waals surface area contributed by atoms with Crippen molar-refractivity contribution < 1.29 is 4.74 Å². The highest BCUT2D eigenvalue weighted by atomic mass is 79.9. The smallest absolute Gasteiger partial charge is 0.0579 e. The molecule has 0 saturated carbocycles. The van der Waals surface area contributed by atoms with E-state index in [0.717, 1.165) is 18.4 Å². The standard InChI is InChI=1S/C15H21BrO/c1-12-4-6-13(7-5-12)9-14(11-16)10-15-3-2-8-17-15/h4-7,14-15H,2-3,8-11H2,1H3. The second kappa shape index (κ2) is 6.55. The summed E-state index contributed by atoms with van der Waals surface area (Å²) in [5.74, 6) is 0.695. The summed E-state index contributed by atoms with van der Waals surface area (Å²) in [4.78, 5) is 0. The van der Waals surface area contributed by atoms with Crippen LogP contribution in [0.25, 0.3) is 0 Å². The molecule has 0 N–H and O–H groups in total. The van der Waals surface area contributed by atoms with Crippen LogP contribution in [0.5, 0.6) is 0 Å². The van der Waals surface area contributed by atoms with Crippen LogP contribution in [0.15, 0.2) is 24.3 Å². The molecule has 0 spiro atoms. The molecule has 1 aromatic rings. The Hall–Kier alpha value is -0.340. The van der Waals surface area contributed by atoms with Gasteiger partial charge >= 0.3 is 0 Å². The quantitative estimate of drug-likeness (QED) is 0.743. The van der Waals surface area contributed by atoms with Gasteiger partial charge in [0.15, 0.2) is 0 Å². The van der Waals surface area contributed by atoms with Crippen molar-refractivity contribution in [2.75, 3.05) is 11.9 Å². The zero-order valence-corrected chi connectivity index (χ0v) is 12.1.